The molecule has 4 aliphatic carbocycles. The van der Waals surface area contributed by atoms with Crippen LogP contribution in [0.4, 0.5) is 0 Å². The number of fused-ring (bicyclic) bond motifs is 7. The Morgan fingerprint density at radius 1 is 1.13 bits per heavy atom. The summed E-state index contributed by atoms with van der Waals surface area (Å²) < 4.78 is 19.0. The van der Waals surface area contributed by atoms with Crippen LogP contribution in [0.2, 0.25) is 0 Å². The van der Waals surface area contributed by atoms with Crippen LogP contribution < -0.4 is 0 Å². The number of carboxylic acid groups (broad SMARTS) is 1. The fourth-order valence-electron chi connectivity index (χ4n) is 10.6. The predicted molar refractivity (Wildman–Crippen MR) is 148 cm³/mol. The van der Waals surface area contributed by atoms with Gasteiger partial charge in [0.15, 0.2) is 5.79 Å². The van der Waals surface area contributed by atoms with Gasteiger partial charge in [-0.15, -0.1) is 0 Å². The minimum absolute atomic E-state index is 0.133. The second kappa shape index (κ2) is 9.86. The maximum Gasteiger partial charge on any atom is 0.309 e. The van der Waals surface area contributed by atoms with Crippen molar-refractivity contribution in [3.05, 3.63) is 11.6 Å². The summed E-state index contributed by atoms with van der Waals surface area (Å²) >= 11 is 0. The molecule has 2 saturated heterocycles. The van der Waals surface area contributed by atoms with Gasteiger partial charge in [-0.2, -0.15) is 0 Å². The number of aliphatic carboxylic acids is 1. The zero-order valence-electron chi connectivity index (χ0n) is 24.7. The van der Waals surface area contributed by atoms with Crippen LogP contribution in [0.25, 0.3) is 0 Å². The number of carbonyl (C=O) groups is 2. The van der Waals surface area contributed by atoms with Gasteiger partial charge in [-0.3, -0.25) is 9.59 Å². The van der Waals surface area contributed by atoms with Gasteiger partial charge in [0, 0.05) is 18.3 Å². The highest BCUT2D eigenvalue weighted by Gasteiger charge is 2.68. The molecule has 6 rings (SSSR count). The van der Waals surface area contributed by atoms with Gasteiger partial charge in [-0.25, -0.2) is 0 Å². The SMILES string of the molecule is CC1CC[C@@]2(C)C(=CCC3C4CC5OC6(CCC(COC(=O)[C@@H](C)CC(=O)O)CO6)[C@@H](C)C5[C@@]4(C)CCC32)C1. The number of esters is 1. The van der Waals surface area contributed by atoms with Crippen molar-refractivity contribution < 1.29 is 28.9 Å². The monoisotopic (exact) mass is 542 g/mol. The first-order valence-corrected chi connectivity index (χ1v) is 15.9. The van der Waals surface area contributed by atoms with E-state index in [1.165, 1.54) is 44.9 Å². The van der Waals surface area contributed by atoms with Crippen molar-refractivity contribution in [2.24, 2.45) is 58.2 Å². The molecule has 39 heavy (non-hydrogen) atoms. The van der Waals surface area contributed by atoms with E-state index in [1.807, 2.05) is 0 Å². The standard InChI is InChI=1S/C33H50O6/c1-19-8-11-31(4)23(14-19)6-7-24-25(31)10-12-32(5)26(24)16-27-29(32)21(3)33(39-27)13-9-22(18-38-33)17-37-30(36)20(2)15-28(34)35/h6,19-22,24-27,29H,7-18H2,1-5H3,(H,34,35)/t19?,20-,21-,22?,24?,25?,26?,27?,29?,31-,32-,33?/m0/s1. The predicted octanol–water partition coefficient (Wildman–Crippen LogP) is 6.62. The third-order valence-electron chi connectivity index (χ3n) is 12.8. The first kappa shape index (κ1) is 27.8. The first-order chi connectivity index (χ1) is 18.5. The lowest BCUT2D eigenvalue weighted by Crippen LogP contribution is -2.52. The summed E-state index contributed by atoms with van der Waals surface area (Å²) in [5, 5.41) is 8.93. The Kier molecular flexibility index (Phi) is 7.01. The number of hydrogen-bond donors (Lipinski definition) is 1. The van der Waals surface area contributed by atoms with Crippen molar-refractivity contribution in [2.75, 3.05) is 13.2 Å². The minimum Gasteiger partial charge on any atom is -0.481 e. The molecule has 12 atom stereocenters. The van der Waals surface area contributed by atoms with E-state index in [4.69, 9.17) is 19.3 Å². The van der Waals surface area contributed by atoms with Gasteiger partial charge < -0.3 is 19.3 Å². The Morgan fingerprint density at radius 2 is 1.92 bits per heavy atom. The van der Waals surface area contributed by atoms with Gasteiger partial charge in [0.2, 0.25) is 0 Å². The van der Waals surface area contributed by atoms with E-state index in [9.17, 15) is 9.59 Å². The molecule has 0 bridgehead atoms. The minimum atomic E-state index is -0.979. The van der Waals surface area contributed by atoms with Crippen molar-refractivity contribution in [1.29, 1.82) is 0 Å². The zero-order valence-corrected chi connectivity index (χ0v) is 24.7. The number of hydrogen-bond acceptors (Lipinski definition) is 5. The van der Waals surface area contributed by atoms with Crippen LogP contribution in [-0.2, 0) is 23.8 Å². The largest absolute Gasteiger partial charge is 0.481 e. The zero-order chi connectivity index (χ0) is 27.7. The Bertz CT molecular complexity index is 1010. The number of ether oxygens (including phenoxy) is 3. The van der Waals surface area contributed by atoms with E-state index in [1.54, 1.807) is 12.5 Å². The van der Waals surface area contributed by atoms with Gasteiger partial charge >= 0.3 is 11.9 Å². The molecule has 8 unspecified atom stereocenters. The fraction of sp³-hybridized carbons (Fsp3) is 0.879. The Balaban J connectivity index is 1.09. The number of carboxylic acids is 1. The maximum absolute atomic E-state index is 12.2. The van der Waals surface area contributed by atoms with Crippen LogP contribution in [0.15, 0.2) is 11.6 Å². The molecule has 6 heteroatoms. The summed E-state index contributed by atoms with van der Waals surface area (Å²) in [6, 6.07) is 0. The van der Waals surface area contributed by atoms with E-state index < -0.39 is 23.6 Å². The van der Waals surface area contributed by atoms with Crippen LogP contribution >= 0.6 is 0 Å². The molecule has 218 valence electrons. The molecule has 5 fully saturated rings. The van der Waals surface area contributed by atoms with Crippen LogP contribution in [0.5, 0.6) is 0 Å². The number of rotatable bonds is 5. The second-order valence-electron chi connectivity index (χ2n) is 15.0. The number of carbonyl (C=O) groups excluding carboxylic acids is 1. The molecular formula is C33H50O6. The molecule has 0 aromatic carbocycles. The molecule has 0 amide bonds. The smallest absolute Gasteiger partial charge is 0.309 e. The summed E-state index contributed by atoms with van der Waals surface area (Å²) in [5.74, 6) is 1.68. The third kappa shape index (κ3) is 4.42. The highest BCUT2D eigenvalue weighted by atomic mass is 16.7. The third-order valence-corrected chi connectivity index (χ3v) is 12.8. The first-order valence-electron chi connectivity index (χ1n) is 15.9. The summed E-state index contributed by atoms with van der Waals surface area (Å²) in [4.78, 5) is 23.1. The van der Waals surface area contributed by atoms with Crippen LogP contribution in [0, 0.1) is 58.2 Å². The number of allylic oxidation sites excluding steroid dienone is 2. The van der Waals surface area contributed by atoms with Gasteiger partial charge in [-0.05, 0) is 91.8 Å². The van der Waals surface area contributed by atoms with Crippen molar-refractivity contribution in [2.45, 2.75) is 111 Å². The average Bonchev–Trinajstić information content (AvgIpc) is 3.33. The van der Waals surface area contributed by atoms with Gasteiger partial charge in [0.05, 0.1) is 31.7 Å². The van der Waals surface area contributed by atoms with Crippen LogP contribution in [0.3, 0.4) is 0 Å². The molecule has 1 spiro atoms. The highest BCUT2D eigenvalue weighted by molar-refractivity contribution is 5.78. The lowest BCUT2D eigenvalue weighted by Gasteiger charge is -2.58. The molecule has 1 N–H and O–H groups in total. The lowest BCUT2D eigenvalue weighted by molar-refractivity contribution is -0.275. The molecule has 0 aromatic rings. The summed E-state index contributed by atoms with van der Waals surface area (Å²) in [6.07, 6.45) is 13.7. The molecule has 2 heterocycles. The normalized spacial score (nSPS) is 49.3. The molecule has 0 aromatic heterocycles. The van der Waals surface area contributed by atoms with E-state index in [0.717, 1.165) is 36.5 Å². The molecule has 2 aliphatic heterocycles. The average molecular weight is 543 g/mol. The quantitative estimate of drug-likeness (QED) is 0.310. The topological polar surface area (TPSA) is 82.1 Å². The van der Waals surface area contributed by atoms with Crippen LogP contribution in [0.1, 0.15) is 98.8 Å². The Labute approximate surface area is 234 Å². The molecular weight excluding hydrogens is 492 g/mol. The van der Waals surface area contributed by atoms with Crippen molar-refractivity contribution in [3.8, 4) is 0 Å². The van der Waals surface area contributed by atoms with Crippen LogP contribution in [-0.4, -0.2) is 42.1 Å². The van der Waals surface area contributed by atoms with E-state index >= 15 is 0 Å². The molecule has 3 saturated carbocycles. The van der Waals surface area contributed by atoms with Crippen molar-refractivity contribution in [1.82, 2.24) is 0 Å². The maximum atomic E-state index is 12.2. The summed E-state index contributed by atoms with van der Waals surface area (Å²) in [6.45, 7) is 12.4. The van der Waals surface area contributed by atoms with Gasteiger partial charge in [0.25, 0.3) is 0 Å². The van der Waals surface area contributed by atoms with Gasteiger partial charge in [-0.1, -0.05) is 46.3 Å². The van der Waals surface area contributed by atoms with Crippen molar-refractivity contribution >= 4 is 11.9 Å². The molecule has 6 aliphatic rings. The summed E-state index contributed by atoms with van der Waals surface area (Å²) in [5.41, 5.74) is 2.51. The summed E-state index contributed by atoms with van der Waals surface area (Å²) in [7, 11) is 0. The van der Waals surface area contributed by atoms with Gasteiger partial charge in [0.1, 0.15) is 0 Å². The van der Waals surface area contributed by atoms with E-state index in [2.05, 4.69) is 33.8 Å². The molecule has 6 nitrogen and oxygen atoms in total. The van der Waals surface area contributed by atoms with E-state index in [0.29, 0.717) is 29.3 Å². The Morgan fingerprint density at radius 3 is 2.64 bits per heavy atom. The fourth-order valence-corrected chi connectivity index (χ4v) is 10.6. The van der Waals surface area contributed by atoms with Crippen molar-refractivity contribution in [3.63, 3.8) is 0 Å². The highest BCUT2D eigenvalue weighted by Crippen LogP contribution is 2.70. The Hall–Kier alpha value is -1.40. The lowest BCUT2D eigenvalue weighted by atomic mass is 9.46. The van der Waals surface area contributed by atoms with E-state index in [-0.39, 0.29) is 25.0 Å². The molecule has 0 radical (unpaired) electrons. The second-order valence-corrected chi connectivity index (χ2v) is 15.0.